The number of hydrogen-bond donors (Lipinski definition) is 2. The molecule has 110 valence electrons. The van der Waals surface area contributed by atoms with Crippen LogP contribution in [0.1, 0.15) is 41.3 Å². The van der Waals surface area contributed by atoms with Gasteiger partial charge >= 0.3 is 0 Å². The van der Waals surface area contributed by atoms with Crippen LogP contribution in [0.3, 0.4) is 0 Å². The number of carbonyl (C=O) groups excluding carboxylic acids is 1. The molecule has 0 bridgehead atoms. The normalized spacial score (nSPS) is 10.3. The molecule has 0 fully saturated rings. The molecule has 0 atom stereocenters. The standard InChI is InChI=1S/C18H22N2O/c1-2-3-5-14-8-10-17(11-9-14)20-13-15-6-4-7-16(12-15)18(19)21/h4,6-12,20H,2-3,5,13H2,1H3,(H2,19,21). The maximum Gasteiger partial charge on any atom is 0.248 e. The van der Waals surface area contributed by atoms with Gasteiger partial charge < -0.3 is 11.1 Å². The maximum absolute atomic E-state index is 11.2. The lowest BCUT2D eigenvalue weighted by Gasteiger charge is -2.08. The molecule has 0 aliphatic carbocycles. The number of anilines is 1. The maximum atomic E-state index is 11.2. The minimum atomic E-state index is -0.392. The van der Waals surface area contributed by atoms with E-state index in [0.717, 1.165) is 17.7 Å². The zero-order valence-electron chi connectivity index (χ0n) is 12.4. The summed E-state index contributed by atoms with van der Waals surface area (Å²) in [5.74, 6) is -0.392. The van der Waals surface area contributed by atoms with E-state index >= 15 is 0 Å². The van der Waals surface area contributed by atoms with Crippen molar-refractivity contribution in [3.05, 3.63) is 65.2 Å². The number of aryl methyl sites for hydroxylation is 1. The molecule has 1 amide bonds. The van der Waals surface area contributed by atoms with Crippen LogP contribution in [-0.2, 0) is 13.0 Å². The number of nitrogens with two attached hydrogens (primary N) is 1. The summed E-state index contributed by atoms with van der Waals surface area (Å²) >= 11 is 0. The Morgan fingerprint density at radius 1 is 1.10 bits per heavy atom. The molecular formula is C18H22N2O. The van der Waals surface area contributed by atoms with Crippen LogP contribution in [-0.4, -0.2) is 5.91 Å². The molecule has 0 spiro atoms. The summed E-state index contributed by atoms with van der Waals surface area (Å²) in [5, 5.41) is 3.36. The predicted molar refractivity (Wildman–Crippen MR) is 87.3 cm³/mol. The number of rotatable bonds is 7. The number of benzene rings is 2. The fraction of sp³-hybridized carbons (Fsp3) is 0.278. The minimum absolute atomic E-state index is 0.392. The van der Waals surface area contributed by atoms with Crippen LogP contribution in [0.15, 0.2) is 48.5 Å². The highest BCUT2D eigenvalue weighted by Gasteiger charge is 2.01. The summed E-state index contributed by atoms with van der Waals surface area (Å²) in [6.45, 7) is 2.88. The van der Waals surface area contributed by atoms with Gasteiger partial charge in [0.05, 0.1) is 0 Å². The Morgan fingerprint density at radius 2 is 1.86 bits per heavy atom. The summed E-state index contributed by atoms with van der Waals surface area (Å²) in [6.07, 6.45) is 3.58. The van der Waals surface area contributed by atoms with E-state index in [0.29, 0.717) is 12.1 Å². The molecule has 2 rings (SSSR count). The van der Waals surface area contributed by atoms with Gasteiger partial charge in [0.15, 0.2) is 0 Å². The van der Waals surface area contributed by atoms with Crippen LogP contribution >= 0.6 is 0 Å². The third-order valence-corrected chi connectivity index (χ3v) is 3.48. The van der Waals surface area contributed by atoms with E-state index in [-0.39, 0.29) is 0 Å². The highest BCUT2D eigenvalue weighted by atomic mass is 16.1. The van der Waals surface area contributed by atoms with Crippen molar-refractivity contribution in [3.8, 4) is 0 Å². The van der Waals surface area contributed by atoms with Crippen molar-refractivity contribution < 1.29 is 4.79 Å². The Balaban J connectivity index is 1.93. The highest BCUT2D eigenvalue weighted by Crippen LogP contribution is 2.13. The van der Waals surface area contributed by atoms with E-state index in [1.165, 1.54) is 18.4 Å². The largest absolute Gasteiger partial charge is 0.381 e. The number of unbranched alkanes of at least 4 members (excludes halogenated alkanes) is 1. The van der Waals surface area contributed by atoms with Crippen LogP contribution in [0, 0.1) is 0 Å². The zero-order valence-corrected chi connectivity index (χ0v) is 12.4. The van der Waals surface area contributed by atoms with Crippen molar-refractivity contribution in [2.45, 2.75) is 32.7 Å². The van der Waals surface area contributed by atoms with Crippen LogP contribution in [0.4, 0.5) is 5.69 Å². The highest BCUT2D eigenvalue weighted by molar-refractivity contribution is 5.92. The Hall–Kier alpha value is -2.29. The summed E-state index contributed by atoms with van der Waals surface area (Å²) in [7, 11) is 0. The van der Waals surface area contributed by atoms with Crippen LogP contribution in [0.25, 0.3) is 0 Å². The third kappa shape index (κ3) is 4.63. The van der Waals surface area contributed by atoms with E-state index in [9.17, 15) is 4.79 Å². The van der Waals surface area contributed by atoms with Crippen molar-refractivity contribution in [2.24, 2.45) is 5.73 Å². The second kappa shape index (κ2) is 7.48. The van der Waals surface area contributed by atoms with Crippen molar-refractivity contribution in [3.63, 3.8) is 0 Å². The van der Waals surface area contributed by atoms with Crippen LogP contribution in [0.2, 0.25) is 0 Å². The van der Waals surface area contributed by atoms with Crippen molar-refractivity contribution in [2.75, 3.05) is 5.32 Å². The third-order valence-electron chi connectivity index (χ3n) is 3.48. The number of amides is 1. The quantitative estimate of drug-likeness (QED) is 0.812. The lowest BCUT2D eigenvalue weighted by atomic mass is 10.1. The van der Waals surface area contributed by atoms with E-state index in [2.05, 4.69) is 36.5 Å². The molecule has 2 aromatic carbocycles. The molecule has 0 saturated heterocycles. The number of nitrogens with one attached hydrogen (secondary N) is 1. The Morgan fingerprint density at radius 3 is 2.52 bits per heavy atom. The van der Waals surface area contributed by atoms with Gasteiger partial charge in [-0.05, 0) is 48.2 Å². The van der Waals surface area contributed by atoms with Gasteiger partial charge in [0, 0.05) is 17.8 Å². The first-order valence-corrected chi connectivity index (χ1v) is 7.40. The molecule has 21 heavy (non-hydrogen) atoms. The van der Waals surface area contributed by atoms with E-state index < -0.39 is 5.91 Å². The van der Waals surface area contributed by atoms with Gasteiger partial charge in [-0.15, -0.1) is 0 Å². The van der Waals surface area contributed by atoms with Crippen LogP contribution in [0.5, 0.6) is 0 Å². The minimum Gasteiger partial charge on any atom is -0.381 e. The van der Waals surface area contributed by atoms with Gasteiger partial charge in [-0.1, -0.05) is 37.6 Å². The van der Waals surface area contributed by atoms with Crippen molar-refractivity contribution in [1.82, 2.24) is 0 Å². The molecule has 0 aliphatic heterocycles. The molecule has 3 N–H and O–H groups in total. The van der Waals surface area contributed by atoms with Gasteiger partial charge in [0.1, 0.15) is 0 Å². The fourth-order valence-corrected chi connectivity index (χ4v) is 2.21. The average molecular weight is 282 g/mol. The summed E-state index contributed by atoms with van der Waals surface area (Å²) in [6, 6.07) is 15.9. The molecule has 0 unspecified atom stereocenters. The van der Waals surface area contributed by atoms with Gasteiger partial charge in [-0.2, -0.15) is 0 Å². The number of carbonyl (C=O) groups is 1. The molecule has 0 aromatic heterocycles. The second-order valence-electron chi connectivity index (χ2n) is 5.22. The molecule has 0 radical (unpaired) electrons. The number of primary amides is 1. The van der Waals surface area contributed by atoms with E-state index in [4.69, 9.17) is 5.73 Å². The summed E-state index contributed by atoms with van der Waals surface area (Å²) in [4.78, 5) is 11.2. The Bertz CT molecular complexity index is 590. The van der Waals surface area contributed by atoms with Crippen molar-refractivity contribution >= 4 is 11.6 Å². The first kappa shape index (κ1) is 15.1. The second-order valence-corrected chi connectivity index (χ2v) is 5.22. The lowest BCUT2D eigenvalue weighted by molar-refractivity contribution is 0.1000. The number of hydrogen-bond acceptors (Lipinski definition) is 2. The lowest BCUT2D eigenvalue weighted by Crippen LogP contribution is -2.11. The van der Waals surface area contributed by atoms with Crippen molar-refractivity contribution in [1.29, 1.82) is 0 Å². The van der Waals surface area contributed by atoms with Gasteiger partial charge in [-0.25, -0.2) is 0 Å². The first-order valence-electron chi connectivity index (χ1n) is 7.40. The van der Waals surface area contributed by atoms with Gasteiger partial charge in [0.25, 0.3) is 0 Å². The molecule has 0 saturated carbocycles. The Labute approximate surface area is 126 Å². The summed E-state index contributed by atoms with van der Waals surface area (Å²) < 4.78 is 0. The average Bonchev–Trinajstić information content (AvgIpc) is 2.52. The molecular weight excluding hydrogens is 260 g/mol. The van der Waals surface area contributed by atoms with Gasteiger partial charge in [-0.3, -0.25) is 4.79 Å². The molecule has 0 aliphatic rings. The van der Waals surface area contributed by atoms with Crippen LogP contribution < -0.4 is 11.1 Å². The SMILES string of the molecule is CCCCc1ccc(NCc2cccc(C(N)=O)c2)cc1. The molecule has 3 heteroatoms. The fourth-order valence-electron chi connectivity index (χ4n) is 2.21. The molecule has 3 nitrogen and oxygen atoms in total. The predicted octanol–water partition coefficient (Wildman–Crippen LogP) is 3.74. The van der Waals surface area contributed by atoms with E-state index in [1.807, 2.05) is 18.2 Å². The first-order chi connectivity index (χ1) is 10.2. The zero-order chi connectivity index (χ0) is 15.1. The summed E-state index contributed by atoms with van der Waals surface area (Å²) in [5.41, 5.74) is 9.33. The topological polar surface area (TPSA) is 55.1 Å². The van der Waals surface area contributed by atoms with E-state index in [1.54, 1.807) is 6.07 Å². The Kier molecular flexibility index (Phi) is 5.38. The molecule has 0 heterocycles. The molecule has 2 aromatic rings. The smallest absolute Gasteiger partial charge is 0.248 e. The van der Waals surface area contributed by atoms with Gasteiger partial charge in [0.2, 0.25) is 5.91 Å². The monoisotopic (exact) mass is 282 g/mol.